The van der Waals surface area contributed by atoms with Crippen molar-refractivity contribution in [1.29, 1.82) is 0 Å². The van der Waals surface area contributed by atoms with E-state index in [0.717, 1.165) is 11.5 Å². The molecule has 0 aliphatic carbocycles. The summed E-state index contributed by atoms with van der Waals surface area (Å²) in [6, 6.07) is 11.6. The SMILES string of the molecule is FC(F)=Cc1c[c]c2ccccc2n1. The van der Waals surface area contributed by atoms with Gasteiger partial charge in [0.1, 0.15) is 0 Å². The second-order valence-corrected chi connectivity index (χ2v) is 2.78. The zero-order chi connectivity index (χ0) is 9.97. The highest BCUT2D eigenvalue weighted by Crippen LogP contribution is 2.13. The highest BCUT2D eigenvalue weighted by atomic mass is 19.3. The molecule has 3 heteroatoms. The second kappa shape index (κ2) is 3.54. The molecule has 0 amide bonds. The van der Waals surface area contributed by atoms with Crippen molar-refractivity contribution >= 4 is 17.0 Å². The molecule has 2 aromatic rings. The Morgan fingerprint density at radius 2 is 2.07 bits per heavy atom. The average Bonchev–Trinajstić information content (AvgIpc) is 2.17. The van der Waals surface area contributed by atoms with E-state index in [-0.39, 0.29) is 5.69 Å². The molecule has 0 atom stereocenters. The van der Waals surface area contributed by atoms with Gasteiger partial charge in [0.2, 0.25) is 0 Å². The molecule has 0 saturated carbocycles. The zero-order valence-corrected chi connectivity index (χ0v) is 7.17. The van der Waals surface area contributed by atoms with Crippen molar-refractivity contribution in [2.75, 3.05) is 0 Å². The predicted octanol–water partition coefficient (Wildman–Crippen LogP) is 3.27. The number of hydrogen-bond donors (Lipinski definition) is 0. The van der Waals surface area contributed by atoms with Gasteiger partial charge in [-0.05, 0) is 18.2 Å². The van der Waals surface area contributed by atoms with Crippen molar-refractivity contribution in [3.8, 4) is 0 Å². The van der Waals surface area contributed by atoms with Gasteiger partial charge >= 0.3 is 0 Å². The number of benzene rings is 1. The lowest BCUT2D eigenvalue weighted by atomic mass is 10.2. The number of rotatable bonds is 1. The fourth-order valence-electron chi connectivity index (χ4n) is 1.20. The summed E-state index contributed by atoms with van der Waals surface area (Å²) in [5.41, 5.74) is 0.895. The quantitative estimate of drug-likeness (QED) is 0.672. The Kier molecular flexibility index (Phi) is 2.23. The minimum Gasteiger partial charge on any atom is -0.248 e. The molecule has 1 aromatic carbocycles. The summed E-state index contributed by atoms with van der Waals surface area (Å²) in [6.45, 7) is 0. The van der Waals surface area contributed by atoms with E-state index in [0.29, 0.717) is 5.52 Å². The van der Waals surface area contributed by atoms with Gasteiger partial charge in [0.25, 0.3) is 6.08 Å². The van der Waals surface area contributed by atoms with Gasteiger partial charge in [-0.15, -0.1) is 0 Å². The van der Waals surface area contributed by atoms with E-state index in [1.165, 1.54) is 6.07 Å². The van der Waals surface area contributed by atoms with Crippen molar-refractivity contribution in [3.05, 3.63) is 48.2 Å². The van der Waals surface area contributed by atoms with Crippen LogP contribution in [0, 0.1) is 6.07 Å². The molecular weight excluding hydrogens is 184 g/mol. The maximum absolute atomic E-state index is 11.9. The standard InChI is InChI=1S/C11H6F2N/c12-11(13)7-9-6-5-8-3-1-2-4-10(8)14-9/h1-4,6-7H. The molecule has 0 fully saturated rings. The van der Waals surface area contributed by atoms with E-state index in [9.17, 15) is 8.78 Å². The summed E-state index contributed by atoms with van der Waals surface area (Å²) < 4.78 is 23.9. The van der Waals surface area contributed by atoms with Crippen molar-refractivity contribution in [2.24, 2.45) is 0 Å². The smallest absolute Gasteiger partial charge is 0.248 e. The largest absolute Gasteiger partial charge is 0.272 e. The van der Waals surface area contributed by atoms with Crippen LogP contribution in [0.25, 0.3) is 17.0 Å². The molecule has 0 saturated heterocycles. The van der Waals surface area contributed by atoms with Crippen LogP contribution in [0.15, 0.2) is 36.4 Å². The van der Waals surface area contributed by atoms with Gasteiger partial charge in [-0.3, -0.25) is 0 Å². The maximum Gasteiger partial charge on any atom is 0.272 e. The topological polar surface area (TPSA) is 12.9 Å². The molecular formula is C11H6F2N. The van der Waals surface area contributed by atoms with Crippen LogP contribution < -0.4 is 0 Å². The van der Waals surface area contributed by atoms with E-state index in [1.807, 2.05) is 18.2 Å². The summed E-state index contributed by atoms with van der Waals surface area (Å²) >= 11 is 0. The molecule has 1 aromatic heterocycles. The van der Waals surface area contributed by atoms with Crippen LogP contribution in [0.4, 0.5) is 8.78 Å². The lowest BCUT2D eigenvalue weighted by molar-refractivity contribution is 0.429. The number of nitrogens with zero attached hydrogens (tertiary/aromatic N) is 1. The van der Waals surface area contributed by atoms with Crippen LogP contribution in [0.2, 0.25) is 0 Å². The van der Waals surface area contributed by atoms with Crippen LogP contribution >= 0.6 is 0 Å². The summed E-state index contributed by atoms with van der Waals surface area (Å²) in [5, 5.41) is 0.823. The van der Waals surface area contributed by atoms with Crippen LogP contribution in [0.1, 0.15) is 5.69 Å². The molecule has 1 heterocycles. The van der Waals surface area contributed by atoms with Crippen molar-refractivity contribution in [3.63, 3.8) is 0 Å². The first-order chi connectivity index (χ1) is 6.75. The first-order valence-corrected chi connectivity index (χ1v) is 4.06. The molecule has 2 rings (SSSR count). The predicted molar refractivity (Wildman–Crippen MR) is 50.8 cm³/mol. The van der Waals surface area contributed by atoms with Gasteiger partial charge < -0.3 is 0 Å². The summed E-state index contributed by atoms with van der Waals surface area (Å²) in [6.07, 6.45) is -1.02. The second-order valence-electron chi connectivity index (χ2n) is 2.78. The van der Waals surface area contributed by atoms with Gasteiger partial charge in [0.15, 0.2) is 0 Å². The molecule has 69 valence electrons. The lowest BCUT2D eigenvalue weighted by Gasteiger charge is -1.96. The van der Waals surface area contributed by atoms with Crippen molar-refractivity contribution in [1.82, 2.24) is 4.98 Å². The van der Waals surface area contributed by atoms with Gasteiger partial charge in [-0.1, -0.05) is 18.2 Å². The van der Waals surface area contributed by atoms with Crippen LogP contribution in [0.3, 0.4) is 0 Å². The minimum atomic E-state index is -1.75. The number of hydrogen-bond acceptors (Lipinski definition) is 1. The first kappa shape index (κ1) is 8.81. The first-order valence-electron chi connectivity index (χ1n) is 4.06. The van der Waals surface area contributed by atoms with E-state index >= 15 is 0 Å². The molecule has 0 spiro atoms. The lowest BCUT2D eigenvalue weighted by Crippen LogP contribution is -1.82. The number of para-hydroxylation sites is 1. The Bertz CT molecular complexity index is 487. The van der Waals surface area contributed by atoms with Crippen molar-refractivity contribution in [2.45, 2.75) is 0 Å². The number of aromatic nitrogens is 1. The fraction of sp³-hybridized carbons (Fsp3) is 0. The van der Waals surface area contributed by atoms with Gasteiger partial charge in [0, 0.05) is 11.5 Å². The van der Waals surface area contributed by atoms with Crippen molar-refractivity contribution < 1.29 is 8.78 Å². The van der Waals surface area contributed by atoms with Gasteiger partial charge in [-0.2, -0.15) is 8.78 Å². The Morgan fingerprint density at radius 3 is 2.86 bits per heavy atom. The van der Waals surface area contributed by atoms with Gasteiger partial charge in [0.05, 0.1) is 11.2 Å². The summed E-state index contributed by atoms with van der Waals surface area (Å²) in [7, 11) is 0. The molecule has 1 nitrogen and oxygen atoms in total. The highest BCUT2D eigenvalue weighted by Gasteiger charge is 1.97. The minimum absolute atomic E-state index is 0.226. The molecule has 0 unspecified atom stereocenters. The maximum atomic E-state index is 11.9. The average molecular weight is 190 g/mol. The molecule has 0 aliphatic heterocycles. The Labute approximate surface area is 79.7 Å². The van der Waals surface area contributed by atoms with E-state index in [2.05, 4.69) is 11.1 Å². The van der Waals surface area contributed by atoms with E-state index < -0.39 is 6.08 Å². The Balaban J connectivity index is 2.57. The Hall–Kier alpha value is -1.77. The third-order valence-electron chi connectivity index (χ3n) is 1.79. The van der Waals surface area contributed by atoms with E-state index in [1.54, 1.807) is 6.07 Å². The number of fused-ring (bicyclic) bond motifs is 1. The van der Waals surface area contributed by atoms with E-state index in [4.69, 9.17) is 0 Å². The molecule has 0 N–H and O–H groups in total. The molecule has 1 radical (unpaired) electrons. The normalized spacial score (nSPS) is 10.1. The Morgan fingerprint density at radius 1 is 1.29 bits per heavy atom. The fourth-order valence-corrected chi connectivity index (χ4v) is 1.20. The molecule has 14 heavy (non-hydrogen) atoms. The van der Waals surface area contributed by atoms with Crippen LogP contribution in [-0.4, -0.2) is 4.98 Å². The number of pyridine rings is 1. The molecule has 0 aliphatic rings. The third kappa shape index (κ3) is 1.76. The molecule has 0 bridgehead atoms. The monoisotopic (exact) mass is 190 g/mol. The van der Waals surface area contributed by atoms with Crippen LogP contribution in [0.5, 0.6) is 0 Å². The zero-order valence-electron chi connectivity index (χ0n) is 7.17. The third-order valence-corrected chi connectivity index (χ3v) is 1.79. The van der Waals surface area contributed by atoms with Crippen LogP contribution in [-0.2, 0) is 0 Å². The summed E-state index contributed by atoms with van der Waals surface area (Å²) in [4.78, 5) is 4.03. The summed E-state index contributed by atoms with van der Waals surface area (Å²) in [5.74, 6) is 0. The van der Waals surface area contributed by atoms with Gasteiger partial charge in [-0.25, -0.2) is 4.98 Å². The highest BCUT2D eigenvalue weighted by molar-refractivity contribution is 5.78. The number of halogens is 2.